The van der Waals surface area contributed by atoms with Gasteiger partial charge in [0, 0.05) is 27.8 Å². The average molecular weight is 293 g/mol. The maximum absolute atomic E-state index is 12.2. The van der Waals surface area contributed by atoms with Gasteiger partial charge in [-0.05, 0) is 43.3 Å². The SMILES string of the molecule is CC(=O)c1ccc2cc(C(=O)Nc3ccc(N)cc3)[nH]c2c1. The molecular formula is C17H15N3O2. The van der Waals surface area contributed by atoms with Crippen LogP contribution in [0, 0.1) is 0 Å². The van der Waals surface area contributed by atoms with Crippen molar-refractivity contribution in [3.05, 3.63) is 59.8 Å². The molecule has 0 aliphatic carbocycles. The maximum atomic E-state index is 12.2. The molecule has 3 aromatic rings. The number of nitrogens with one attached hydrogen (secondary N) is 2. The molecule has 2 aromatic carbocycles. The Morgan fingerprint density at radius 2 is 1.77 bits per heavy atom. The molecule has 22 heavy (non-hydrogen) atoms. The van der Waals surface area contributed by atoms with Crippen LogP contribution in [0.3, 0.4) is 0 Å². The van der Waals surface area contributed by atoms with Crippen LogP contribution in [0.25, 0.3) is 10.9 Å². The quantitative estimate of drug-likeness (QED) is 0.512. The van der Waals surface area contributed by atoms with Gasteiger partial charge in [-0.2, -0.15) is 0 Å². The van der Waals surface area contributed by atoms with E-state index in [2.05, 4.69) is 10.3 Å². The van der Waals surface area contributed by atoms with E-state index in [0.717, 1.165) is 10.9 Å². The third kappa shape index (κ3) is 2.69. The van der Waals surface area contributed by atoms with Crippen LogP contribution >= 0.6 is 0 Å². The summed E-state index contributed by atoms with van der Waals surface area (Å²) in [7, 11) is 0. The minimum atomic E-state index is -0.245. The third-order valence-corrected chi connectivity index (χ3v) is 3.44. The van der Waals surface area contributed by atoms with Gasteiger partial charge in [-0.25, -0.2) is 0 Å². The Morgan fingerprint density at radius 1 is 1.05 bits per heavy atom. The van der Waals surface area contributed by atoms with Gasteiger partial charge in [-0.3, -0.25) is 9.59 Å². The summed E-state index contributed by atoms with van der Waals surface area (Å²) in [5.41, 5.74) is 8.73. The number of carbonyl (C=O) groups is 2. The fourth-order valence-electron chi connectivity index (χ4n) is 2.23. The molecule has 0 aliphatic heterocycles. The van der Waals surface area contributed by atoms with Crippen molar-refractivity contribution in [1.29, 1.82) is 0 Å². The summed E-state index contributed by atoms with van der Waals surface area (Å²) in [5.74, 6) is -0.255. The van der Waals surface area contributed by atoms with Crippen molar-refractivity contribution in [2.24, 2.45) is 0 Å². The average Bonchev–Trinajstić information content (AvgIpc) is 2.92. The molecular weight excluding hydrogens is 278 g/mol. The highest BCUT2D eigenvalue weighted by Gasteiger charge is 2.11. The number of hydrogen-bond donors (Lipinski definition) is 3. The molecule has 3 rings (SSSR count). The summed E-state index contributed by atoms with van der Waals surface area (Å²) in [5, 5.41) is 3.67. The maximum Gasteiger partial charge on any atom is 0.272 e. The lowest BCUT2D eigenvalue weighted by Crippen LogP contribution is -2.12. The van der Waals surface area contributed by atoms with Crippen molar-refractivity contribution in [2.45, 2.75) is 6.92 Å². The van der Waals surface area contributed by atoms with Gasteiger partial charge < -0.3 is 16.0 Å². The number of aromatic amines is 1. The number of hydrogen-bond acceptors (Lipinski definition) is 3. The van der Waals surface area contributed by atoms with E-state index in [9.17, 15) is 9.59 Å². The zero-order valence-electron chi connectivity index (χ0n) is 12.0. The van der Waals surface area contributed by atoms with E-state index in [1.54, 1.807) is 42.5 Å². The van der Waals surface area contributed by atoms with Crippen LogP contribution in [0.4, 0.5) is 11.4 Å². The van der Waals surface area contributed by atoms with Gasteiger partial charge in [-0.15, -0.1) is 0 Å². The normalized spacial score (nSPS) is 10.6. The first-order chi connectivity index (χ1) is 10.5. The molecule has 4 N–H and O–H groups in total. The summed E-state index contributed by atoms with van der Waals surface area (Å²) in [4.78, 5) is 26.7. The number of carbonyl (C=O) groups excluding carboxylic acids is 2. The van der Waals surface area contributed by atoms with Crippen molar-refractivity contribution in [3.8, 4) is 0 Å². The van der Waals surface area contributed by atoms with E-state index in [1.807, 2.05) is 6.07 Å². The number of Topliss-reactive ketones (excluding diaryl/α,β-unsaturated/α-hetero) is 1. The Hall–Kier alpha value is -3.08. The lowest BCUT2D eigenvalue weighted by Gasteiger charge is -2.03. The Labute approximate surface area is 127 Å². The number of rotatable bonds is 3. The van der Waals surface area contributed by atoms with Gasteiger partial charge in [-0.1, -0.05) is 12.1 Å². The Bertz CT molecular complexity index is 863. The topological polar surface area (TPSA) is 88.0 Å². The summed E-state index contributed by atoms with van der Waals surface area (Å²) < 4.78 is 0. The molecule has 0 saturated carbocycles. The van der Waals surface area contributed by atoms with Crippen LogP contribution < -0.4 is 11.1 Å². The fourth-order valence-corrected chi connectivity index (χ4v) is 2.23. The Morgan fingerprint density at radius 3 is 2.45 bits per heavy atom. The second-order valence-electron chi connectivity index (χ2n) is 5.12. The van der Waals surface area contributed by atoms with Crippen LogP contribution in [0.15, 0.2) is 48.5 Å². The second kappa shape index (κ2) is 5.37. The summed E-state index contributed by atoms with van der Waals surface area (Å²) in [6.07, 6.45) is 0. The van der Waals surface area contributed by atoms with E-state index >= 15 is 0 Å². The predicted octanol–water partition coefficient (Wildman–Crippen LogP) is 3.21. The first-order valence-electron chi connectivity index (χ1n) is 6.83. The number of nitrogens with two attached hydrogens (primary N) is 1. The minimum absolute atomic E-state index is 0.00984. The van der Waals surface area contributed by atoms with Crippen LogP contribution in [0.2, 0.25) is 0 Å². The van der Waals surface area contributed by atoms with Crippen LogP contribution in [0.1, 0.15) is 27.8 Å². The summed E-state index contributed by atoms with van der Waals surface area (Å²) >= 11 is 0. The van der Waals surface area contributed by atoms with E-state index < -0.39 is 0 Å². The number of anilines is 2. The van der Waals surface area contributed by atoms with E-state index in [1.165, 1.54) is 6.92 Å². The number of aromatic nitrogens is 1. The monoisotopic (exact) mass is 293 g/mol. The number of fused-ring (bicyclic) bond motifs is 1. The number of nitrogen functional groups attached to an aromatic ring is 1. The summed E-state index contributed by atoms with van der Waals surface area (Å²) in [6, 6.07) is 14.0. The van der Waals surface area contributed by atoms with Crippen molar-refractivity contribution >= 4 is 34.0 Å². The van der Waals surface area contributed by atoms with Crippen LogP contribution in [-0.2, 0) is 0 Å². The van der Waals surface area contributed by atoms with Crippen LogP contribution in [0.5, 0.6) is 0 Å². The van der Waals surface area contributed by atoms with Crippen molar-refractivity contribution in [1.82, 2.24) is 4.98 Å². The van der Waals surface area contributed by atoms with Gasteiger partial charge in [0.2, 0.25) is 0 Å². The van der Waals surface area contributed by atoms with Gasteiger partial charge >= 0.3 is 0 Å². The number of benzene rings is 2. The zero-order valence-corrected chi connectivity index (χ0v) is 12.0. The van der Waals surface area contributed by atoms with Crippen molar-refractivity contribution < 1.29 is 9.59 Å². The molecule has 1 aromatic heterocycles. The number of ketones is 1. The molecule has 0 spiro atoms. The molecule has 0 radical (unpaired) electrons. The molecule has 0 atom stereocenters. The molecule has 0 aliphatic rings. The van der Waals surface area contributed by atoms with Crippen molar-refractivity contribution in [2.75, 3.05) is 11.1 Å². The van der Waals surface area contributed by atoms with Gasteiger partial charge in [0.05, 0.1) is 0 Å². The highest BCUT2D eigenvalue weighted by Crippen LogP contribution is 2.19. The largest absolute Gasteiger partial charge is 0.399 e. The molecule has 1 amide bonds. The molecule has 110 valence electrons. The van der Waals surface area contributed by atoms with E-state index in [-0.39, 0.29) is 11.7 Å². The highest BCUT2D eigenvalue weighted by molar-refractivity contribution is 6.06. The predicted molar refractivity (Wildman–Crippen MR) is 87.1 cm³/mol. The zero-order chi connectivity index (χ0) is 15.7. The molecule has 5 nitrogen and oxygen atoms in total. The highest BCUT2D eigenvalue weighted by atomic mass is 16.2. The number of amides is 1. The number of H-pyrrole nitrogens is 1. The van der Waals surface area contributed by atoms with Gasteiger partial charge in [0.15, 0.2) is 5.78 Å². The fraction of sp³-hybridized carbons (Fsp3) is 0.0588. The van der Waals surface area contributed by atoms with E-state index in [0.29, 0.717) is 22.6 Å². The van der Waals surface area contributed by atoms with Crippen LogP contribution in [-0.4, -0.2) is 16.7 Å². The Balaban J connectivity index is 1.87. The Kier molecular flexibility index (Phi) is 3.39. The smallest absolute Gasteiger partial charge is 0.272 e. The van der Waals surface area contributed by atoms with E-state index in [4.69, 9.17) is 5.73 Å². The third-order valence-electron chi connectivity index (χ3n) is 3.44. The molecule has 0 saturated heterocycles. The molecule has 0 bridgehead atoms. The molecule has 5 heteroatoms. The molecule has 0 unspecified atom stereocenters. The lowest BCUT2D eigenvalue weighted by atomic mass is 10.1. The lowest BCUT2D eigenvalue weighted by molar-refractivity contribution is 0.101. The van der Waals surface area contributed by atoms with Crippen molar-refractivity contribution in [3.63, 3.8) is 0 Å². The minimum Gasteiger partial charge on any atom is -0.399 e. The van der Waals surface area contributed by atoms with Gasteiger partial charge in [0.25, 0.3) is 5.91 Å². The van der Waals surface area contributed by atoms with Gasteiger partial charge in [0.1, 0.15) is 5.69 Å². The first-order valence-corrected chi connectivity index (χ1v) is 6.83. The molecule has 1 heterocycles. The summed E-state index contributed by atoms with van der Waals surface area (Å²) in [6.45, 7) is 1.51. The second-order valence-corrected chi connectivity index (χ2v) is 5.12. The molecule has 0 fully saturated rings. The standard InChI is InChI=1S/C17H15N3O2/c1-10(21)11-2-3-12-9-16(20-15(12)8-11)17(22)19-14-6-4-13(18)5-7-14/h2-9,20H,18H2,1H3,(H,19,22). The first kappa shape index (κ1) is 13.9.